The summed E-state index contributed by atoms with van der Waals surface area (Å²) in [5.41, 5.74) is 2.09. The zero-order valence-electron chi connectivity index (χ0n) is 20.0. The molecule has 2 N–H and O–H groups in total. The molecule has 1 aromatic heterocycles. The highest BCUT2D eigenvalue weighted by Crippen LogP contribution is 2.58. The quantitative estimate of drug-likeness (QED) is 0.501. The van der Waals surface area contributed by atoms with Crippen LogP contribution in [0.4, 0.5) is 4.79 Å². The first-order valence-electron chi connectivity index (χ1n) is 12.2. The van der Waals surface area contributed by atoms with Crippen LogP contribution in [-0.4, -0.2) is 56.6 Å². The van der Waals surface area contributed by atoms with E-state index in [1.165, 1.54) is 10.7 Å². The van der Waals surface area contributed by atoms with Gasteiger partial charge < -0.3 is 19.9 Å². The highest BCUT2D eigenvalue weighted by atomic mass is 16.6. The summed E-state index contributed by atoms with van der Waals surface area (Å²) in [6.45, 7) is 2.11. The van der Waals surface area contributed by atoms with E-state index in [0.717, 1.165) is 37.1 Å². The Bertz CT molecular complexity index is 1300. The highest BCUT2D eigenvalue weighted by molar-refractivity contribution is 5.85. The molecule has 9 heteroatoms. The van der Waals surface area contributed by atoms with Crippen LogP contribution in [0.5, 0.6) is 5.75 Å². The molecule has 3 aliphatic heterocycles. The number of hydrogen-bond donors (Lipinski definition) is 2. The largest absolute Gasteiger partial charge is 0.487 e. The number of nitrogens with one attached hydrogen (secondary N) is 1. The van der Waals surface area contributed by atoms with Crippen LogP contribution in [0.2, 0.25) is 0 Å². The van der Waals surface area contributed by atoms with E-state index >= 15 is 0 Å². The van der Waals surface area contributed by atoms with Crippen molar-refractivity contribution in [2.75, 3.05) is 13.1 Å². The van der Waals surface area contributed by atoms with Crippen molar-refractivity contribution in [2.24, 2.45) is 13.0 Å². The van der Waals surface area contributed by atoms with E-state index in [2.05, 4.69) is 15.3 Å². The van der Waals surface area contributed by atoms with E-state index in [0.29, 0.717) is 23.4 Å². The molecule has 1 amide bonds. The van der Waals surface area contributed by atoms with Gasteiger partial charge in [-0.2, -0.15) is 5.10 Å². The average Bonchev–Trinajstić information content (AvgIpc) is 3.27. The topological polar surface area (TPSA) is 106 Å². The predicted octanol–water partition coefficient (Wildman–Crippen LogP) is 3.36. The van der Waals surface area contributed by atoms with Gasteiger partial charge >= 0.3 is 12.1 Å². The molecule has 4 aliphatic rings. The van der Waals surface area contributed by atoms with E-state index in [4.69, 9.17) is 14.6 Å². The van der Waals surface area contributed by atoms with Crippen LogP contribution >= 0.6 is 0 Å². The number of carboxylic acid groups (broad SMARTS) is 1. The molecule has 3 saturated heterocycles. The molecule has 9 nitrogen and oxygen atoms in total. The second-order valence-corrected chi connectivity index (χ2v) is 9.85. The number of fused-ring (bicyclic) bond motifs is 1. The third kappa shape index (κ3) is 3.80. The molecule has 7 rings (SSSR count). The van der Waals surface area contributed by atoms with Crippen molar-refractivity contribution in [3.05, 3.63) is 83.2 Å². The third-order valence-corrected chi connectivity index (χ3v) is 7.87. The Morgan fingerprint density at radius 2 is 1.97 bits per heavy atom. The van der Waals surface area contributed by atoms with Crippen molar-refractivity contribution >= 4 is 12.1 Å². The summed E-state index contributed by atoms with van der Waals surface area (Å²) in [4.78, 5) is 26.7. The van der Waals surface area contributed by atoms with Gasteiger partial charge in [-0.05, 0) is 48.7 Å². The molecule has 36 heavy (non-hydrogen) atoms. The molecule has 186 valence electrons. The Labute approximate surface area is 208 Å². The summed E-state index contributed by atoms with van der Waals surface area (Å²) in [5.74, 6) is -0.00980. The molecule has 2 aromatic carbocycles. The second-order valence-electron chi connectivity index (χ2n) is 9.85. The first-order chi connectivity index (χ1) is 17.4. The van der Waals surface area contributed by atoms with E-state index in [1.54, 1.807) is 7.05 Å². The van der Waals surface area contributed by atoms with Gasteiger partial charge in [0.15, 0.2) is 5.69 Å². The number of carbonyl (C=O) groups excluding carboxylic acids is 1. The van der Waals surface area contributed by atoms with Gasteiger partial charge in [-0.1, -0.05) is 42.5 Å². The maximum atomic E-state index is 13.1. The lowest BCUT2D eigenvalue weighted by atomic mass is 9.54. The van der Waals surface area contributed by atoms with Crippen LogP contribution < -0.4 is 10.1 Å². The minimum Gasteiger partial charge on any atom is -0.487 e. The summed E-state index contributed by atoms with van der Waals surface area (Å²) in [5, 5.41) is 16.2. The number of nitrogens with zero attached hydrogens (tertiary/aromatic N) is 3. The van der Waals surface area contributed by atoms with Gasteiger partial charge in [0.25, 0.3) is 0 Å². The number of piperidine rings is 4. The Balaban J connectivity index is 1.19. The number of ether oxygens (including phenoxy) is 2. The van der Waals surface area contributed by atoms with Crippen LogP contribution in [0.15, 0.2) is 60.7 Å². The second kappa shape index (κ2) is 8.67. The molecule has 3 unspecified atom stereocenters. The monoisotopic (exact) mass is 488 g/mol. The first-order valence-corrected chi connectivity index (χ1v) is 12.2. The van der Waals surface area contributed by atoms with Crippen molar-refractivity contribution in [3.63, 3.8) is 0 Å². The molecule has 1 saturated carbocycles. The Morgan fingerprint density at radius 1 is 1.17 bits per heavy atom. The molecule has 0 radical (unpaired) electrons. The number of amides is 1. The van der Waals surface area contributed by atoms with E-state index in [1.807, 2.05) is 54.6 Å². The summed E-state index contributed by atoms with van der Waals surface area (Å²) in [6.07, 6.45) is 1.82. The van der Waals surface area contributed by atoms with Gasteiger partial charge in [0.05, 0.1) is 17.8 Å². The molecule has 4 bridgehead atoms. The highest BCUT2D eigenvalue weighted by Gasteiger charge is 2.70. The number of carboxylic acids is 1. The van der Waals surface area contributed by atoms with Crippen LogP contribution in [0, 0.1) is 5.92 Å². The van der Waals surface area contributed by atoms with Gasteiger partial charge in [-0.3, -0.25) is 9.58 Å². The van der Waals surface area contributed by atoms with Crippen molar-refractivity contribution in [1.29, 1.82) is 0 Å². The Morgan fingerprint density at radius 3 is 2.64 bits per heavy atom. The number of hydrogen-bond acceptors (Lipinski definition) is 6. The number of aromatic carboxylic acids is 1. The fourth-order valence-electron chi connectivity index (χ4n) is 5.90. The molecule has 5 atom stereocenters. The fraction of sp³-hybridized carbons (Fsp3) is 0.370. The number of aryl methyl sites for hydroxylation is 1. The lowest BCUT2D eigenvalue weighted by Crippen LogP contribution is -2.85. The van der Waals surface area contributed by atoms with Gasteiger partial charge in [-0.25, -0.2) is 9.59 Å². The van der Waals surface area contributed by atoms with Gasteiger partial charge in [0.1, 0.15) is 18.0 Å². The molecular formula is C27H28N4O5. The number of aromatic nitrogens is 2. The summed E-state index contributed by atoms with van der Waals surface area (Å²) >= 11 is 0. The first kappa shape index (κ1) is 22.6. The van der Waals surface area contributed by atoms with Crippen LogP contribution in [0.25, 0.3) is 0 Å². The lowest BCUT2D eigenvalue weighted by Gasteiger charge is -2.71. The molecule has 3 aromatic rings. The van der Waals surface area contributed by atoms with Crippen molar-refractivity contribution in [2.45, 2.75) is 37.1 Å². The molecule has 4 fully saturated rings. The smallest absolute Gasteiger partial charge is 0.408 e. The number of rotatable bonds is 8. The van der Waals surface area contributed by atoms with Crippen LogP contribution in [0.3, 0.4) is 0 Å². The predicted molar refractivity (Wildman–Crippen MR) is 130 cm³/mol. The van der Waals surface area contributed by atoms with Crippen molar-refractivity contribution < 1.29 is 24.2 Å². The van der Waals surface area contributed by atoms with E-state index < -0.39 is 18.1 Å². The minimum atomic E-state index is -1.08. The van der Waals surface area contributed by atoms with Gasteiger partial charge in [0, 0.05) is 19.5 Å². The molecule has 4 heterocycles. The van der Waals surface area contributed by atoms with Gasteiger partial charge in [0.2, 0.25) is 0 Å². The third-order valence-electron chi connectivity index (χ3n) is 7.87. The Kier molecular flexibility index (Phi) is 5.44. The number of carbonyl (C=O) groups is 2. The summed E-state index contributed by atoms with van der Waals surface area (Å²) in [7, 11) is 1.68. The normalized spacial score (nSPS) is 26.2. The SMILES string of the molecule is Cn1nc(C(=O)O)cc1COc1cccc([C@@H](NC(=O)O[C@]23CN4CCC2CC43)c2ccccc2)c1. The number of benzene rings is 2. The zero-order valence-corrected chi connectivity index (χ0v) is 20.0. The van der Waals surface area contributed by atoms with Crippen molar-refractivity contribution in [3.8, 4) is 5.75 Å². The van der Waals surface area contributed by atoms with Crippen LogP contribution in [-0.2, 0) is 18.4 Å². The average molecular weight is 489 g/mol. The Hall–Kier alpha value is -3.85. The van der Waals surface area contributed by atoms with Gasteiger partial charge in [-0.15, -0.1) is 0 Å². The zero-order chi connectivity index (χ0) is 24.9. The maximum Gasteiger partial charge on any atom is 0.408 e. The molecule has 1 aliphatic carbocycles. The van der Waals surface area contributed by atoms with E-state index in [9.17, 15) is 9.59 Å². The van der Waals surface area contributed by atoms with E-state index in [-0.39, 0.29) is 17.9 Å². The van der Waals surface area contributed by atoms with Crippen molar-refractivity contribution in [1.82, 2.24) is 20.0 Å². The minimum absolute atomic E-state index is 0.0265. The lowest BCUT2D eigenvalue weighted by molar-refractivity contribution is -0.283. The molecule has 0 spiro atoms. The molecular weight excluding hydrogens is 460 g/mol. The summed E-state index contributed by atoms with van der Waals surface area (Å²) < 4.78 is 13.5. The summed E-state index contributed by atoms with van der Waals surface area (Å²) in [6, 6.07) is 18.8. The number of alkyl carbamates (subject to hydrolysis) is 1. The maximum absolute atomic E-state index is 13.1. The standard InChI is InChI=1S/C27H28N4O5/c1-30-20(14-22(29-30)25(32)33)15-35-21-9-5-8-18(12-21)24(17-6-3-2-4-7-17)28-26(34)36-27-16-31-11-10-19(27)13-23(27)31/h2-9,12,14,19,23-24H,10-11,13,15-16H2,1H3,(H,28,34)(H,32,33)/t19?,23?,24-,27+/m0/s1. The van der Waals surface area contributed by atoms with Crippen LogP contribution in [0.1, 0.15) is 46.2 Å². The fourth-order valence-corrected chi connectivity index (χ4v) is 5.90.